The Bertz CT molecular complexity index is 1630. The Hall–Kier alpha value is -0.0831. The summed E-state index contributed by atoms with van der Waals surface area (Å²) in [5.74, 6) is 0. The van der Waals surface area contributed by atoms with Crippen molar-refractivity contribution in [2.24, 2.45) is 0 Å². The molecule has 6 aromatic carbocycles. The predicted octanol–water partition coefficient (Wildman–Crippen LogP) is 1.86. The Labute approximate surface area is 285 Å². The van der Waals surface area contributed by atoms with E-state index < -0.39 is 0 Å². The summed E-state index contributed by atoms with van der Waals surface area (Å²) in [6, 6.07) is 46.1. The topological polar surface area (TPSA) is 0 Å². The Morgan fingerprint density at radius 1 is 0.350 bits per heavy atom. The number of hydrogen-bond acceptors (Lipinski definition) is 0. The third kappa shape index (κ3) is 7.17. The van der Waals surface area contributed by atoms with Crippen LogP contribution in [0.4, 0.5) is 0 Å². The van der Waals surface area contributed by atoms with Crippen molar-refractivity contribution < 1.29 is 0 Å². The standard InChI is InChI=1S/C32H20Br2Se6/c33-37-25-17-13-23(14-18-25)35-27-9-1-5-21-7-3-11-29(31(21)27)39-40-30-12-4-8-22-6-2-10-28(32(22)30)36-24-15-19-26(38-34)20-16-24/h1-20H. The predicted molar refractivity (Wildman–Crippen MR) is 190 cm³/mol. The molecule has 40 heavy (non-hydrogen) atoms. The molecular formula is C32H20Br2Se6. The third-order valence-electron chi connectivity index (χ3n) is 6.16. The monoisotopic (exact) mass is 1040 g/mol. The molecular weight excluding hydrogens is 1020 g/mol. The van der Waals surface area contributed by atoms with Gasteiger partial charge in [-0.3, -0.25) is 0 Å². The summed E-state index contributed by atoms with van der Waals surface area (Å²) in [5, 5.41) is 5.76. The van der Waals surface area contributed by atoms with Gasteiger partial charge in [-0.15, -0.1) is 0 Å². The molecule has 6 rings (SSSR count). The van der Waals surface area contributed by atoms with Crippen LogP contribution in [0, 0.1) is 0 Å². The van der Waals surface area contributed by atoms with Gasteiger partial charge in [-0.1, -0.05) is 0 Å². The van der Waals surface area contributed by atoms with E-state index in [2.05, 4.69) is 150 Å². The molecule has 0 unspecified atom stereocenters. The van der Waals surface area contributed by atoms with Crippen molar-refractivity contribution in [3.63, 3.8) is 0 Å². The quantitative estimate of drug-likeness (QED) is 0.195. The van der Waals surface area contributed by atoms with Crippen molar-refractivity contribution in [1.82, 2.24) is 0 Å². The van der Waals surface area contributed by atoms with Crippen molar-refractivity contribution in [2.45, 2.75) is 0 Å². The third-order valence-corrected chi connectivity index (χ3v) is 23.6. The fourth-order valence-electron chi connectivity index (χ4n) is 4.32. The van der Waals surface area contributed by atoms with Gasteiger partial charge in [-0.2, -0.15) is 0 Å². The molecule has 0 saturated carbocycles. The van der Waals surface area contributed by atoms with Crippen molar-refractivity contribution in [2.75, 3.05) is 0 Å². The SMILES string of the molecule is Br[Se]c1ccc([Se]c2cccc3cccc([Se][Se]c4cccc5cccc([Se]c6ccc([Se]Br)cc6)c45)c23)cc1. The van der Waals surface area contributed by atoms with Crippen molar-refractivity contribution in [1.29, 1.82) is 0 Å². The Kier molecular flexibility index (Phi) is 10.9. The van der Waals surface area contributed by atoms with Crippen LogP contribution in [-0.4, -0.2) is 82.5 Å². The average Bonchev–Trinajstić information content (AvgIpc) is 3.01. The minimum atomic E-state index is 0.289. The first-order chi connectivity index (χ1) is 19.7. The molecule has 0 saturated heterocycles. The molecule has 198 valence electrons. The molecule has 0 spiro atoms. The normalized spacial score (nSPS) is 11.3. The number of hydrogen-bond donors (Lipinski definition) is 0. The zero-order valence-corrected chi connectivity index (χ0v) is 34.2. The van der Waals surface area contributed by atoms with Gasteiger partial charge >= 0.3 is 289 Å². The van der Waals surface area contributed by atoms with Crippen molar-refractivity contribution in [3.8, 4) is 0 Å². The van der Waals surface area contributed by atoms with Crippen LogP contribution in [0.15, 0.2) is 121 Å². The van der Waals surface area contributed by atoms with Crippen LogP contribution in [0.5, 0.6) is 0 Å². The number of rotatable bonds is 9. The molecule has 0 bridgehead atoms. The molecule has 0 aliphatic heterocycles. The maximum atomic E-state index is 3.64. The molecule has 0 N–H and O–H groups in total. The zero-order chi connectivity index (χ0) is 27.3. The first-order valence-corrected chi connectivity index (χ1v) is 31.4. The van der Waals surface area contributed by atoms with E-state index in [1.807, 2.05) is 0 Å². The summed E-state index contributed by atoms with van der Waals surface area (Å²) in [4.78, 5) is 0. The molecule has 0 aromatic heterocycles. The van der Waals surface area contributed by atoms with E-state index in [-0.39, 0.29) is 29.9 Å². The van der Waals surface area contributed by atoms with Gasteiger partial charge in [-0.05, 0) is 0 Å². The summed E-state index contributed by atoms with van der Waals surface area (Å²) >= 11 is 9.40. The van der Waals surface area contributed by atoms with E-state index in [1.165, 1.54) is 48.3 Å². The van der Waals surface area contributed by atoms with Gasteiger partial charge in [0.15, 0.2) is 0 Å². The van der Waals surface area contributed by atoms with Crippen molar-refractivity contribution in [3.05, 3.63) is 121 Å². The molecule has 0 heterocycles. The van der Waals surface area contributed by atoms with Gasteiger partial charge < -0.3 is 0 Å². The second-order valence-electron chi connectivity index (χ2n) is 8.69. The molecule has 0 aliphatic carbocycles. The van der Waals surface area contributed by atoms with Gasteiger partial charge in [0, 0.05) is 0 Å². The summed E-state index contributed by atoms with van der Waals surface area (Å²) in [6.07, 6.45) is 0. The summed E-state index contributed by atoms with van der Waals surface area (Å²) < 4.78 is 11.8. The van der Waals surface area contributed by atoms with Crippen LogP contribution in [0.2, 0.25) is 0 Å². The van der Waals surface area contributed by atoms with E-state index in [9.17, 15) is 0 Å². The summed E-state index contributed by atoms with van der Waals surface area (Å²) in [5.41, 5.74) is 0. The maximum absolute atomic E-state index is 3.64. The van der Waals surface area contributed by atoms with Crippen LogP contribution >= 0.6 is 28.2 Å². The van der Waals surface area contributed by atoms with E-state index in [1.54, 1.807) is 8.92 Å². The van der Waals surface area contributed by atoms with Gasteiger partial charge in [-0.25, -0.2) is 0 Å². The molecule has 0 radical (unpaired) electrons. The second kappa shape index (κ2) is 14.6. The van der Waals surface area contributed by atoms with Gasteiger partial charge in [0.05, 0.1) is 0 Å². The first kappa shape index (κ1) is 30.0. The Morgan fingerprint density at radius 2 is 0.675 bits per heavy atom. The minimum absolute atomic E-state index is 0.289. The first-order valence-electron chi connectivity index (χ1n) is 12.2. The summed E-state index contributed by atoms with van der Waals surface area (Å²) in [6.45, 7) is 0. The Balaban J connectivity index is 1.32. The number of halogens is 2. The van der Waals surface area contributed by atoms with E-state index >= 15 is 0 Å². The number of benzene rings is 6. The summed E-state index contributed by atoms with van der Waals surface area (Å²) in [7, 11) is 0. The molecule has 8 heteroatoms. The average molecular weight is 1040 g/mol. The van der Waals surface area contributed by atoms with Gasteiger partial charge in [0.2, 0.25) is 0 Å². The van der Waals surface area contributed by atoms with Crippen LogP contribution in [0.1, 0.15) is 0 Å². The molecule has 0 fully saturated rings. The van der Waals surface area contributed by atoms with E-state index in [0.29, 0.717) is 52.6 Å². The van der Waals surface area contributed by atoms with Gasteiger partial charge in [0.1, 0.15) is 0 Å². The second-order valence-corrected chi connectivity index (χ2v) is 25.5. The Morgan fingerprint density at radius 3 is 1.02 bits per heavy atom. The molecule has 0 atom stereocenters. The zero-order valence-electron chi connectivity index (χ0n) is 20.8. The van der Waals surface area contributed by atoms with Crippen LogP contribution in [-0.2, 0) is 0 Å². The molecule has 0 aliphatic rings. The van der Waals surface area contributed by atoms with E-state index in [4.69, 9.17) is 0 Å². The van der Waals surface area contributed by atoms with Crippen LogP contribution < -0.4 is 35.7 Å². The van der Waals surface area contributed by atoms with Crippen LogP contribution in [0.3, 0.4) is 0 Å². The molecule has 0 amide bonds. The van der Waals surface area contributed by atoms with Crippen molar-refractivity contribution >= 4 is 168 Å². The number of fused-ring (bicyclic) bond motifs is 2. The fraction of sp³-hybridized carbons (Fsp3) is 0. The van der Waals surface area contributed by atoms with Gasteiger partial charge in [0.25, 0.3) is 0 Å². The fourth-order valence-corrected chi connectivity index (χ4v) is 19.7. The molecule has 0 nitrogen and oxygen atoms in total. The van der Waals surface area contributed by atoms with E-state index in [0.717, 1.165) is 0 Å². The molecule has 6 aromatic rings. The van der Waals surface area contributed by atoms with Crippen LogP contribution in [0.25, 0.3) is 21.5 Å².